The molecule has 2 heterocycles. The second-order valence-electron chi connectivity index (χ2n) is 5.08. The van der Waals surface area contributed by atoms with Crippen molar-refractivity contribution in [3.8, 4) is 0 Å². The van der Waals surface area contributed by atoms with Crippen LogP contribution in [0.2, 0.25) is 0 Å². The van der Waals surface area contributed by atoms with E-state index in [-0.39, 0.29) is 13.0 Å². The lowest BCUT2D eigenvalue weighted by atomic mass is 9.89. The van der Waals surface area contributed by atoms with E-state index in [4.69, 9.17) is 10.3 Å². The fourth-order valence-corrected chi connectivity index (χ4v) is 2.66. The summed E-state index contributed by atoms with van der Waals surface area (Å²) in [5.74, 6) is 0. The molecule has 1 aromatic heterocycles. The summed E-state index contributed by atoms with van der Waals surface area (Å²) in [7, 11) is 0. The minimum Gasteiger partial charge on any atom is -0.387 e. The van der Waals surface area contributed by atoms with Crippen molar-refractivity contribution in [3.63, 3.8) is 0 Å². The quantitative estimate of drug-likeness (QED) is 0.385. The average Bonchev–Trinajstić information content (AvgIpc) is 2.73. The Morgan fingerprint density at radius 2 is 2.27 bits per heavy atom. The number of aliphatic hydroxyl groups excluding tert-OH is 2. The number of azide groups is 1. The summed E-state index contributed by atoms with van der Waals surface area (Å²) in [4.78, 5) is 27.6. The Kier molecular flexibility index (Phi) is 4.67. The van der Waals surface area contributed by atoms with Gasteiger partial charge in [0.2, 0.25) is 0 Å². The SMILES string of the molecule is CC[C@@]1(CCN=[N+]=[N-])O[C@@H](n2ccc(=O)[nH]c2=O)[C@@H](O)C1O. The maximum atomic E-state index is 11.8. The molecule has 0 radical (unpaired) electrons. The van der Waals surface area contributed by atoms with Crippen LogP contribution < -0.4 is 11.2 Å². The first kappa shape index (κ1) is 16.2. The number of aliphatic hydroxyl groups is 2. The lowest BCUT2D eigenvalue weighted by molar-refractivity contribution is -0.110. The van der Waals surface area contributed by atoms with Crippen LogP contribution in [0.25, 0.3) is 10.4 Å². The highest BCUT2D eigenvalue weighted by atomic mass is 16.6. The average molecular weight is 311 g/mol. The molecule has 3 N–H and O–H groups in total. The first-order chi connectivity index (χ1) is 10.4. The monoisotopic (exact) mass is 311 g/mol. The summed E-state index contributed by atoms with van der Waals surface area (Å²) in [6, 6.07) is 1.12. The molecule has 0 aliphatic carbocycles. The molecule has 1 saturated heterocycles. The van der Waals surface area contributed by atoms with E-state index in [9.17, 15) is 19.8 Å². The largest absolute Gasteiger partial charge is 0.387 e. The van der Waals surface area contributed by atoms with Gasteiger partial charge in [-0.2, -0.15) is 0 Å². The molecule has 120 valence electrons. The van der Waals surface area contributed by atoms with Crippen LogP contribution in [-0.4, -0.2) is 44.1 Å². The minimum atomic E-state index is -1.35. The number of nitrogens with zero attached hydrogens (tertiary/aromatic N) is 4. The van der Waals surface area contributed by atoms with Crippen molar-refractivity contribution in [1.82, 2.24) is 9.55 Å². The Hall–Kier alpha value is -2.13. The van der Waals surface area contributed by atoms with Crippen molar-refractivity contribution < 1.29 is 14.9 Å². The second kappa shape index (κ2) is 6.32. The van der Waals surface area contributed by atoms with Crippen molar-refractivity contribution in [3.05, 3.63) is 43.5 Å². The predicted molar refractivity (Wildman–Crippen MR) is 75.1 cm³/mol. The molecule has 0 aromatic carbocycles. The van der Waals surface area contributed by atoms with E-state index in [1.54, 1.807) is 6.92 Å². The van der Waals surface area contributed by atoms with Crippen LogP contribution in [0, 0.1) is 0 Å². The third-order valence-electron chi connectivity index (χ3n) is 3.93. The van der Waals surface area contributed by atoms with E-state index in [0.29, 0.717) is 6.42 Å². The third-order valence-corrected chi connectivity index (χ3v) is 3.93. The lowest BCUT2D eigenvalue weighted by Crippen LogP contribution is -2.43. The van der Waals surface area contributed by atoms with Crippen molar-refractivity contribution >= 4 is 0 Å². The zero-order valence-corrected chi connectivity index (χ0v) is 11.9. The summed E-state index contributed by atoms with van der Waals surface area (Å²) in [6.45, 7) is 1.84. The highest BCUT2D eigenvalue weighted by molar-refractivity contribution is 5.01. The molecule has 0 spiro atoms. The van der Waals surface area contributed by atoms with Crippen LogP contribution in [0.5, 0.6) is 0 Å². The number of aromatic nitrogens is 2. The standard InChI is InChI=1S/C12H17N5O5/c1-2-12(4-5-14-16-13)9(20)8(19)10(22-12)17-6-3-7(18)15-11(17)21/h3,6,8-10,19-20H,2,4-5H2,1H3,(H,15,18,21)/t8-,9?,10+,12-/m0/s1. The summed E-state index contributed by atoms with van der Waals surface area (Å²) < 4.78 is 6.75. The third kappa shape index (κ3) is 2.77. The van der Waals surface area contributed by atoms with Crippen molar-refractivity contribution in [2.75, 3.05) is 6.54 Å². The first-order valence-corrected chi connectivity index (χ1v) is 6.81. The fourth-order valence-electron chi connectivity index (χ4n) is 2.66. The Morgan fingerprint density at radius 1 is 1.55 bits per heavy atom. The van der Waals surface area contributed by atoms with Gasteiger partial charge in [-0.15, -0.1) is 0 Å². The molecule has 1 unspecified atom stereocenters. The summed E-state index contributed by atoms with van der Waals surface area (Å²) in [5, 5.41) is 23.9. The summed E-state index contributed by atoms with van der Waals surface area (Å²) in [5.41, 5.74) is 5.89. The van der Waals surface area contributed by atoms with E-state index in [1.807, 2.05) is 0 Å². The Bertz CT molecular complexity index is 694. The second-order valence-corrected chi connectivity index (χ2v) is 5.08. The minimum absolute atomic E-state index is 0.0847. The van der Waals surface area contributed by atoms with Gasteiger partial charge in [0.1, 0.15) is 12.2 Å². The molecular formula is C12H17N5O5. The van der Waals surface area contributed by atoms with Gasteiger partial charge in [0.15, 0.2) is 6.23 Å². The first-order valence-electron chi connectivity index (χ1n) is 6.81. The number of ether oxygens (including phenoxy) is 1. The van der Waals surface area contributed by atoms with E-state index in [2.05, 4.69) is 15.0 Å². The Balaban J connectivity index is 2.34. The Morgan fingerprint density at radius 3 is 2.86 bits per heavy atom. The molecule has 1 aliphatic heterocycles. The molecule has 1 fully saturated rings. The number of hydrogen-bond donors (Lipinski definition) is 3. The molecular weight excluding hydrogens is 294 g/mol. The molecule has 10 heteroatoms. The fraction of sp³-hybridized carbons (Fsp3) is 0.667. The molecule has 22 heavy (non-hydrogen) atoms. The molecule has 0 bridgehead atoms. The van der Waals surface area contributed by atoms with E-state index in [1.165, 1.54) is 6.20 Å². The van der Waals surface area contributed by atoms with Crippen molar-refractivity contribution in [2.24, 2.45) is 5.11 Å². The van der Waals surface area contributed by atoms with E-state index in [0.717, 1.165) is 10.6 Å². The molecule has 0 saturated carbocycles. The highest BCUT2D eigenvalue weighted by Crippen LogP contribution is 2.40. The van der Waals surface area contributed by atoms with Crippen LogP contribution in [-0.2, 0) is 4.74 Å². The van der Waals surface area contributed by atoms with Gasteiger partial charge in [-0.05, 0) is 18.4 Å². The summed E-state index contributed by atoms with van der Waals surface area (Å²) in [6.07, 6.45) is -2.00. The van der Waals surface area contributed by atoms with Gasteiger partial charge < -0.3 is 14.9 Å². The van der Waals surface area contributed by atoms with Crippen molar-refractivity contribution in [2.45, 2.75) is 43.8 Å². The maximum Gasteiger partial charge on any atom is 0.330 e. The topological polar surface area (TPSA) is 153 Å². The van der Waals surface area contributed by atoms with Crippen LogP contribution >= 0.6 is 0 Å². The molecule has 1 aliphatic rings. The molecule has 10 nitrogen and oxygen atoms in total. The molecule has 0 amide bonds. The Labute approximate surface area is 124 Å². The molecule has 1 aromatic rings. The number of H-pyrrole nitrogens is 1. The van der Waals surface area contributed by atoms with Crippen LogP contribution in [0.3, 0.4) is 0 Å². The van der Waals surface area contributed by atoms with E-state index < -0.39 is 35.3 Å². The zero-order valence-electron chi connectivity index (χ0n) is 11.9. The highest BCUT2D eigenvalue weighted by Gasteiger charge is 2.53. The number of aromatic amines is 1. The van der Waals surface area contributed by atoms with Gasteiger partial charge in [-0.1, -0.05) is 12.0 Å². The number of rotatable bonds is 5. The van der Waals surface area contributed by atoms with Gasteiger partial charge in [0.25, 0.3) is 5.56 Å². The van der Waals surface area contributed by atoms with Gasteiger partial charge in [-0.3, -0.25) is 14.3 Å². The molecule has 4 atom stereocenters. The van der Waals surface area contributed by atoms with Gasteiger partial charge in [0, 0.05) is 23.7 Å². The van der Waals surface area contributed by atoms with Gasteiger partial charge in [-0.25, -0.2) is 4.79 Å². The van der Waals surface area contributed by atoms with Gasteiger partial charge in [0.05, 0.1) is 5.60 Å². The van der Waals surface area contributed by atoms with E-state index >= 15 is 0 Å². The van der Waals surface area contributed by atoms with Crippen molar-refractivity contribution in [1.29, 1.82) is 0 Å². The summed E-state index contributed by atoms with van der Waals surface area (Å²) >= 11 is 0. The zero-order chi connectivity index (χ0) is 16.3. The van der Waals surface area contributed by atoms with Gasteiger partial charge >= 0.3 is 5.69 Å². The predicted octanol–water partition coefficient (Wildman–Crippen LogP) is -0.364. The lowest BCUT2D eigenvalue weighted by Gasteiger charge is -2.30. The van der Waals surface area contributed by atoms with Crippen LogP contribution in [0.15, 0.2) is 27.0 Å². The van der Waals surface area contributed by atoms with Crippen LogP contribution in [0.1, 0.15) is 26.0 Å². The number of hydrogen-bond acceptors (Lipinski definition) is 6. The number of nitrogens with one attached hydrogen (secondary N) is 1. The normalized spacial score (nSPS) is 31.0. The molecule has 2 rings (SSSR count). The smallest absolute Gasteiger partial charge is 0.330 e. The van der Waals surface area contributed by atoms with Crippen LogP contribution in [0.4, 0.5) is 0 Å². The maximum absolute atomic E-state index is 11.8.